The molecule has 3 fully saturated rings. The van der Waals surface area contributed by atoms with Gasteiger partial charge in [0.15, 0.2) is 5.75 Å². The monoisotopic (exact) mass is 567 g/mol. The predicted molar refractivity (Wildman–Crippen MR) is 169 cm³/mol. The van der Waals surface area contributed by atoms with Gasteiger partial charge in [-0.05, 0) is 94.1 Å². The number of aromatic amines is 1. The number of anilines is 1. The molecule has 2 aliphatic heterocycles. The van der Waals surface area contributed by atoms with Crippen molar-refractivity contribution in [2.24, 2.45) is 0 Å². The van der Waals surface area contributed by atoms with Crippen LogP contribution in [0.25, 0.3) is 32.9 Å². The van der Waals surface area contributed by atoms with Crippen molar-refractivity contribution in [2.75, 3.05) is 51.8 Å². The molecule has 9 nitrogen and oxygen atoms in total. The van der Waals surface area contributed by atoms with Gasteiger partial charge in [-0.3, -0.25) is 9.67 Å². The molecule has 4 aromatic rings. The van der Waals surface area contributed by atoms with E-state index < -0.39 is 0 Å². The van der Waals surface area contributed by atoms with E-state index in [-0.39, 0.29) is 5.69 Å². The molecule has 1 aliphatic carbocycles. The van der Waals surface area contributed by atoms with Gasteiger partial charge in [0.05, 0.1) is 24.3 Å². The smallest absolute Gasteiger partial charge is 0.350 e. The summed E-state index contributed by atoms with van der Waals surface area (Å²) in [6, 6.07) is 6.88. The van der Waals surface area contributed by atoms with Gasteiger partial charge in [-0.2, -0.15) is 10.1 Å². The van der Waals surface area contributed by atoms with E-state index in [0.717, 1.165) is 103 Å². The fourth-order valence-electron chi connectivity index (χ4n) is 7.17. The van der Waals surface area contributed by atoms with Gasteiger partial charge in [0, 0.05) is 55.1 Å². The molecule has 2 aromatic heterocycles. The van der Waals surface area contributed by atoms with E-state index in [1.54, 1.807) is 7.11 Å². The topological polar surface area (TPSA) is 82.5 Å². The van der Waals surface area contributed by atoms with Gasteiger partial charge in [0.1, 0.15) is 5.82 Å². The van der Waals surface area contributed by atoms with Crippen LogP contribution in [0, 0.1) is 6.92 Å². The van der Waals surface area contributed by atoms with Gasteiger partial charge in [-0.25, -0.2) is 4.79 Å². The summed E-state index contributed by atoms with van der Waals surface area (Å²) in [4.78, 5) is 25.9. The maximum atomic E-state index is 14.1. The van der Waals surface area contributed by atoms with E-state index in [2.05, 4.69) is 76.3 Å². The molecule has 0 amide bonds. The molecule has 9 heteroatoms. The average molecular weight is 568 g/mol. The lowest BCUT2D eigenvalue weighted by atomic mass is 9.89. The Morgan fingerprint density at radius 2 is 1.88 bits per heavy atom. The molecule has 1 saturated carbocycles. The van der Waals surface area contributed by atoms with Crippen molar-refractivity contribution >= 4 is 27.6 Å². The van der Waals surface area contributed by atoms with E-state index in [9.17, 15) is 4.79 Å². The van der Waals surface area contributed by atoms with Crippen molar-refractivity contribution in [3.8, 4) is 16.9 Å². The lowest BCUT2D eigenvalue weighted by molar-refractivity contribution is 0.281. The molecule has 1 atom stereocenters. The number of aryl methyl sites for hydroxylation is 1. The second kappa shape index (κ2) is 10.8. The van der Waals surface area contributed by atoms with Crippen LogP contribution in [0.15, 0.2) is 41.5 Å². The van der Waals surface area contributed by atoms with Crippen molar-refractivity contribution in [1.29, 1.82) is 0 Å². The van der Waals surface area contributed by atoms with E-state index in [4.69, 9.17) is 9.72 Å². The first-order valence-electron chi connectivity index (χ1n) is 15.4. The molecule has 2 saturated heterocycles. The number of nitrogens with zero attached hydrogens (tertiary/aromatic N) is 6. The number of H-pyrrole nitrogens is 1. The number of hydrogen-bond acceptors (Lipinski definition) is 7. The lowest BCUT2D eigenvalue weighted by Crippen LogP contribution is -2.45. The van der Waals surface area contributed by atoms with Crippen molar-refractivity contribution in [3.05, 3.63) is 58.3 Å². The fourth-order valence-corrected chi connectivity index (χ4v) is 7.17. The zero-order chi connectivity index (χ0) is 29.0. The minimum Gasteiger partial charge on any atom is -0.494 e. The Labute approximate surface area is 246 Å². The number of methoxy groups -OCH3 is 1. The quantitative estimate of drug-likeness (QED) is 0.341. The van der Waals surface area contributed by atoms with Crippen molar-refractivity contribution < 1.29 is 4.74 Å². The highest BCUT2D eigenvalue weighted by Crippen LogP contribution is 2.52. The van der Waals surface area contributed by atoms with Gasteiger partial charge in [0.2, 0.25) is 0 Å². The summed E-state index contributed by atoms with van der Waals surface area (Å²) in [5.74, 6) is 2.02. The van der Waals surface area contributed by atoms with Crippen LogP contribution < -0.4 is 15.3 Å². The van der Waals surface area contributed by atoms with Gasteiger partial charge in [-0.15, -0.1) is 0 Å². The number of nitrogens with one attached hydrogen (secondary N) is 1. The number of hydrogen-bond donors (Lipinski definition) is 1. The van der Waals surface area contributed by atoms with Crippen LogP contribution in [-0.4, -0.2) is 82.5 Å². The summed E-state index contributed by atoms with van der Waals surface area (Å²) in [5, 5.41) is 9.64. The normalized spacial score (nSPS) is 20.0. The number of ether oxygens (including phenoxy) is 1. The molecular weight excluding hydrogens is 526 g/mol. The van der Waals surface area contributed by atoms with Crippen LogP contribution in [0.1, 0.15) is 49.7 Å². The summed E-state index contributed by atoms with van der Waals surface area (Å²) in [7, 11) is 3.92. The molecule has 0 radical (unpaired) electrons. The number of likely N-dealkylation sites (tertiary alicyclic amines) is 1. The Kier molecular flexibility index (Phi) is 6.92. The molecule has 3 aliphatic rings. The number of piperazine rings is 1. The zero-order valence-corrected chi connectivity index (χ0v) is 25.2. The minimum absolute atomic E-state index is 0.199. The Balaban J connectivity index is 1.51. The van der Waals surface area contributed by atoms with E-state index in [0.29, 0.717) is 18.5 Å². The third kappa shape index (κ3) is 4.54. The molecule has 7 rings (SSSR count). The number of fused-ring (bicyclic) bond motifs is 2. The summed E-state index contributed by atoms with van der Waals surface area (Å²) >= 11 is 0. The van der Waals surface area contributed by atoms with Crippen molar-refractivity contribution in [2.45, 2.75) is 58.0 Å². The number of benzene rings is 2. The van der Waals surface area contributed by atoms with Crippen molar-refractivity contribution in [1.82, 2.24) is 29.5 Å². The zero-order valence-electron chi connectivity index (χ0n) is 25.2. The molecule has 4 heterocycles. The van der Waals surface area contributed by atoms with Crippen LogP contribution in [0.3, 0.4) is 0 Å². The average Bonchev–Trinajstić information content (AvgIpc) is 3.59. The maximum absolute atomic E-state index is 14.1. The third-order valence-electron chi connectivity index (χ3n) is 9.57. The summed E-state index contributed by atoms with van der Waals surface area (Å²) < 4.78 is 8.33. The molecule has 1 N–H and O–H groups in total. The first-order valence-corrected chi connectivity index (χ1v) is 15.4. The van der Waals surface area contributed by atoms with Crippen LogP contribution in [0.4, 0.5) is 5.82 Å². The number of rotatable bonds is 7. The second-order valence-electron chi connectivity index (χ2n) is 12.2. The summed E-state index contributed by atoms with van der Waals surface area (Å²) in [5.41, 5.74) is 6.35. The third-order valence-corrected chi connectivity index (χ3v) is 9.57. The minimum atomic E-state index is -0.199. The summed E-state index contributed by atoms with van der Waals surface area (Å²) in [6.45, 7) is 9.29. The molecule has 1 unspecified atom stereocenters. The number of aromatic nitrogens is 4. The molecule has 0 spiro atoms. The lowest BCUT2D eigenvalue weighted by Gasteiger charge is -2.35. The van der Waals surface area contributed by atoms with Crippen LogP contribution in [0.5, 0.6) is 5.75 Å². The maximum Gasteiger partial charge on any atom is 0.350 e. The Morgan fingerprint density at radius 3 is 2.57 bits per heavy atom. The first-order chi connectivity index (χ1) is 20.5. The predicted octanol–water partition coefficient (Wildman–Crippen LogP) is 4.88. The molecule has 0 bridgehead atoms. The van der Waals surface area contributed by atoms with Crippen molar-refractivity contribution in [3.63, 3.8) is 0 Å². The highest BCUT2D eigenvalue weighted by atomic mass is 16.5. The highest BCUT2D eigenvalue weighted by molar-refractivity contribution is 6.06. The van der Waals surface area contributed by atoms with E-state index in [1.165, 1.54) is 11.1 Å². The van der Waals surface area contributed by atoms with Gasteiger partial charge >= 0.3 is 5.69 Å². The van der Waals surface area contributed by atoms with Crippen LogP contribution >= 0.6 is 0 Å². The standard InChI is InChI=1S/C33H41N7O2/c1-5-12-38-14-16-39(17-15-38)32-25-18-24(22-9-10-22)29(28-21(2)8-11-27-26(28)19-34-36-27)31(42-4)30(25)40(33(41)35-32)20-23-7-6-13-37(23)3/h5,8,11-12,18-19,22-23H,6-7,9-10,13-17,20H2,1-4H3,(H,34,36). The number of allylic oxidation sites excluding steroid dienone is 1. The second-order valence-corrected chi connectivity index (χ2v) is 12.2. The molecule has 220 valence electrons. The Bertz CT molecular complexity index is 1730. The number of likely N-dealkylation sites (N-methyl/N-ethyl adjacent to an activating group) is 1. The first kappa shape index (κ1) is 27.0. The van der Waals surface area contributed by atoms with Crippen LogP contribution in [0.2, 0.25) is 0 Å². The Hall–Kier alpha value is -3.85. The molecule has 42 heavy (non-hydrogen) atoms. The Morgan fingerprint density at radius 1 is 1.07 bits per heavy atom. The van der Waals surface area contributed by atoms with Gasteiger partial charge in [0.25, 0.3) is 0 Å². The summed E-state index contributed by atoms with van der Waals surface area (Å²) in [6.07, 6.45) is 10.7. The molecule has 2 aromatic carbocycles. The largest absolute Gasteiger partial charge is 0.494 e. The SMILES string of the molecule is CC=CN1CCN(c2nc(=O)n(CC3CCCN3C)c3c(OC)c(-c4c(C)ccc5[nH]ncc45)c(C4CC4)cc23)CC1. The van der Waals surface area contributed by atoms with E-state index >= 15 is 0 Å². The van der Waals surface area contributed by atoms with Gasteiger partial charge < -0.3 is 19.4 Å². The van der Waals surface area contributed by atoms with Gasteiger partial charge in [-0.1, -0.05) is 12.1 Å². The van der Waals surface area contributed by atoms with Crippen LogP contribution in [-0.2, 0) is 6.54 Å². The molecular formula is C33H41N7O2. The van der Waals surface area contributed by atoms with E-state index in [1.807, 2.05) is 10.8 Å². The fraction of sp³-hybridized carbons (Fsp3) is 0.485. The highest BCUT2D eigenvalue weighted by Gasteiger charge is 2.34.